The lowest BCUT2D eigenvalue weighted by atomic mass is 10.1. The number of fused-ring (bicyclic) bond motifs is 3. The maximum atomic E-state index is 10.7. The molecule has 0 unspecified atom stereocenters. The van der Waals surface area contributed by atoms with Gasteiger partial charge in [-0.05, 0) is 42.5 Å². The van der Waals surface area contributed by atoms with E-state index >= 15 is 0 Å². The molecule has 0 fully saturated rings. The Bertz CT molecular complexity index is 1670. The van der Waals surface area contributed by atoms with E-state index in [0.717, 1.165) is 27.6 Å². The van der Waals surface area contributed by atoms with Crippen molar-refractivity contribution in [2.75, 3.05) is 0 Å². The van der Waals surface area contributed by atoms with Crippen molar-refractivity contribution >= 4 is 27.4 Å². The number of nitrogens with zero attached hydrogens (tertiary/aromatic N) is 3. The number of aromatic hydroxyl groups is 1. The van der Waals surface area contributed by atoms with E-state index in [9.17, 15) is 5.11 Å². The average molecular weight is 456 g/mol. The summed E-state index contributed by atoms with van der Waals surface area (Å²) in [5.74, 6) is 1.95. The molecule has 0 saturated heterocycles. The molecule has 5 aromatic rings. The fourth-order valence-electron chi connectivity index (χ4n) is 4.32. The van der Waals surface area contributed by atoms with Gasteiger partial charge in [0.1, 0.15) is 17.3 Å². The molecule has 2 aromatic carbocycles. The number of phenolic OH excluding ortho intramolecular Hbond substituents is 1. The first kappa shape index (κ1) is 20.7. The highest BCUT2D eigenvalue weighted by atomic mass is 16.5. The minimum atomic E-state index is 0.203. The smallest absolute Gasteiger partial charge is 0.221 e. The number of allylic oxidation sites excluding steroid dienone is 7. The standard InChI is InChI=1S/C30H21N3O2/c34-27-16-8-13-24-23-12-4-5-15-26(23)33(30(24)27)28-17-9-18-29(32-28)35-22-11-3-1-2-10-21(20-22)25-14-6-7-19-31-25/h1-20,34H/b2-1?,3-1-,10-2-,11-3?,21-10?,21-20+,22-11+,22-20?. The van der Waals surface area contributed by atoms with Gasteiger partial charge in [-0.25, -0.2) is 0 Å². The van der Waals surface area contributed by atoms with Crippen LogP contribution in [0.5, 0.6) is 11.6 Å². The van der Waals surface area contributed by atoms with Gasteiger partial charge in [-0.15, -0.1) is 0 Å². The van der Waals surface area contributed by atoms with Crippen molar-refractivity contribution in [2.24, 2.45) is 0 Å². The Balaban J connectivity index is 1.43. The van der Waals surface area contributed by atoms with E-state index in [2.05, 4.69) is 11.1 Å². The molecule has 3 aromatic heterocycles. The molecular weight excluding hydrogens is 434 g/mol. The topological polar surface area (TPSA) is 60.2 Å². The molecule has 5 heteroatoms. The fourth-order valence-corrected chi connectivity index (χ4v) is 4.32. The van der Waals surface area contributed by atoms with E-state index in [1.54, 1.807) is 12.3 Å². The first-order valence-corrected chi connectivity index (χ1v) is 11.3. The molecule has 35 heavy (non-hydrogen) atoms. The molecule has 0 saturated carbocycles. The molecule has 0 aliphatic heterocycles. The molecule has 0 amide bonds. The van der Waals surface area contributed by atoms with Gasteiger partial charge in [-0.2, -0.15) is 4.98 Å². The zero-order valence-electron chi connectivity index (χ0n) is 18.7. The van der Waals surface area contributed by atoms with Crippen molar-refractivity contribution in [3.63, 3.8) is 0 Å². The highest BCUT2D eigenvalue weighted by Crippen LogP contribution is 2.36. The second-order valence-electron chi connectivity index (χ2n) is 8.09. The molecule has 6 rings (SSSR count). The molecule has 0 atom stereocenters. The lowest BCUT2D eigenvalue weighted by Crippen LogP contribution is -2.01. The van der Waals surface area contributed by atoms with Gasteiger partial charge in [-0.3, -0.25) is 9.55 Å². The van der Waals surface area contributed by atoms with Crippen LogP contribution in [0.15, 0.2) is 127 Å². The molecule has 168 valence electrons. The Morgan fingerprint density at radius 3 is 2.54 bits per heavy atom. The maximum absolute atomic E-state index is 10.7. The monoisotopic (exact) mass is 455 g/mol. The van der Waals surface area contributed by atoms with Crippen LogP contribution in [0, 0.1) is 0 Å². The molecule has 1 N–H and O–H groups in total. The number of pyridine rings is 2. The van der Waals surface area contributed by atoms with Gasteiger partial charge in [-0.1, -0.05) is 66.8 Å². The molecule has 1 aliphatic carbocycles. The Kier molecular flexibility index (Phi) is 5.20. The van der Waals surface area contributed by atoms with Gasteiger partial charge in [0.05, 0.1) is 16.7 Å². The van der Waals surface area contributed by atoms with Crippen LogP contribution in [0.2, 0.25) is 0 Å². The highest BCUT2D eigenvalue weighted by Gasteiger charge is 2.16. The van der Waals surface area contributed by atoms with Crippen LogP contribution in [0.25, 0.3) is 33.2 Å². The molecule has 3 heterocycles. The van der Waals surface area contributed by atoms with Crippen LogP contribution in [0.4, 0.5) is 0 Å². The zero-order valence-corrected chi connectivity index (χ0v) is 18.7. The van der Waals surface area contributed by atoms with Crippen LogP contribution in [-0.2, 0) is 0 Å². The van der Waals surface area contributed by atoms with Crippen molar-refractivity contribution in [2.45, 2.75) is 0 Å². The van der Waals surface area contributed by atoms with E-state index in [1.807, 2.05) is 108 Å². The van der Waals surface area contributed by atoms with Crippen molar-refractivity contribution in [3.05, 3.63) is 133 Å². The minimum absolute atomic E-state index is 0.203. The van der Waals surface area contributed by atoms with Crippen molar-refractivity contribution in [1.82, 2.24) is 14.5 Å². The van der Waals surface area contributed by atoms with E-state index in [4.69, 9.17) is 9.72 Å². The quantitative estimate of drug-likeness (QED) is 0.326. The largest absolute Gasteiger partial charge is 0.506 e. The SMILES string of the molecule is Oc1cccc2c3ccccc3n(-c3cccc(OC4=C/C=C\C=C/C(c5ccccn5)=C\4)n3)c12. The van der Waals surface area contributed by atoms with E-state index < -0.39 is 0 Å². The normalized spacial score (nSPS) is 18.2. The Labute approximate surface area is 202 Å². The van der Waals surface area contributed by atoms with E-state index in [0.29, 0.717) is 23.0 Å². The van der Waals surface area contributed by atoms with Crippen LogP contribution in [0.3, 0.4) is 0 Å². The lowest BCUT2D eigenvalue weighted by molar-refractivity contribution is 0.426. The summed E-state index contributed by atoms with van der Waals surface area (Å²) < 4.78 is 8.19. The summed E-state index contributed by atoms with van der Waals surface area (Å²) in [5, 5.41) is 12.7. The zero-order chi connectivity index (χ0) is 23.6. The minimum Gasteiger partial charge on any atom is -0.506 e. The number of hydrogen-bond donors (Lipinski definition) is 1. The van der Waals surface area contributed by atoms with Gasteiger partial charge in [0, 0.05) is 28.6 Å². The van der Waals surface area contributed by atoms with Gasteiger partial charge < -0.3 is 9.84 Å². The van der Waals surface area contributed by atoms with Crippen LogP contribution >= 0.6 is 0 Å². The number of aromatic nitrogens is 3. The third kappa shape index (κ3) is 3.89. The number of rotatable bonds is 4. The summed E-state index contributed by atoms with van der Waals surface area (Å²) >= 11 is 0. The van der Waals surface area contributed by atoms with Gasteiger partial charge >= 0.3 is 0 Å². The van der Waals surface area contributed by atoms with Gasteiger partial charge in [0.15, 0.2) is 0 Å². The third-order valence-corrected chi connectivity index (χ3v) is 5.85. The van der Waals surface area contributed by atoms with Crippen molar-refractivity contribution in [1.29, 1.82) is 0 Å². The number of benzene rings is 2. The summed E-state index contributed by atoms with van der Waals surface area (Å²) in [5.41, 5.74) is 3.47. The van der Waals surface area contributed by atoms with Gasteiger partial charge in [0.25, 0.3) is 0 Å². The Hall–Kier alpha value is -4.90. The third-order valence-electron chi connectivity index (χ3n) is 5.85. The second kappa shape index (κ2) is 8.80. The van der Waals surface area contributed by atoms with E-state index in [-0.39, 0.29) is 5.75 Å². The summed E-state index contributed by atoms with van der Waals surface area (Å²) in [6.45, 7) is 0. The molecule has 5 nitrogen and oxygen atoms in total. The molecule has 0 radical (unpaired) electrons. The fraction of sp³-hybridized carbons (Fsp3) is 0. The summed E-state index contributed by atoms with van der Waals surface area (Å²) in [7, 11) is 0. The molecule has 0 spiro atoms. The second-order valence-corrected chi connectivity index (χ2v) is 8.09. The van der Waals surface area contributed by atoms with Crippen LogP contribution < -0.4 is 4.74 Å². The Morgan fingerprint density at radius 2 is 1.63 bits per heavy atom. The van der Waals surface area contributed by atoms with Gasteiger partial charge in [0.2, 0.25) is 5.88 Å². The Morgan fingerprint density at radius 1 is 0.771 bits per heavy atom. The highest BCUT2D eigenvalue weighted by molar-refractivity contribution is 6.10. The molecular formula is C30H21N3O2. The number of para-hydroxylation sites is 2. The van der Waals surface area contributed by atoms with Crippen molar-refractivity contribution in [3.8, 4) is 17.4 Å². The lowest BCUT2D eigenvalue weighted by Gasteiger charge is -2.12. The summed E-state index contributed by atoms with van der Waals surface area (Å²) in [6, 6.07) is 25.1. The first-order chi connectivity index (χ1) is 17.3. The predicted octanol–water partition coefficient (Wildman–Crippen LogP) is 6.75. The van der Waals surface area contributed by atoms with E-state index in [1.165, 1.54) is 0 Å². The average Bonchev–Trinajstić information content (AvgIpc) is 3.22. The number of hydrogen-bond acceptors (Lipinski definition) is 4. The maximum Gasteiger partial charge on any atom is 0.221 e. The first-order valence-electron chi connectivity index (χ1n) is 11.3. The molecule has 0 bridgehead atoms. The molecule has 1 aliphatic rings. The summed E-state index contributed by atoms with van der Waals surface area (Å²) in [4.78, 5) is 9.27. The number of ether oxygens (including phenoxy) is 1. The van der Waals surface area contributed by atoms with Crippen LogP contribution in [-0.4, -0.2) is 19.6 Å². The summed E-state index contributed by atoms with van der Waals surface area (Å²) in [6.07, 6.45) is 13.5. The predicted molar refractivity (Wildman–Crippen MR) is 139 cm³/mol. The van der Waals surface area contributed by atoms with Crippen molar-refractivity contribution < 1.29 is 9.84 Å². The number of phenols is 1. The van der Waals surface area contributed by atoms with Crippen LogP contribution in [0.1, 0.15) is 5.69 Å².